The van der Waals surface area contributed by atoms with E-state index in [4.69, 9.17) is 14.9 Å². The third-order valence-corrected chi connectivity index (χ3v) is 4.28. The van der Waals surface area contributed by atoms with Gasteiger partial charge in [-0.1, -0.05) is 18.2 Å². The van der Waals surface area contributed by atoms with Crippen LogP contribution in [0.15, 0.2) is 40.8 Å². The maximum Gasteiger partial charge on any atom is 0.289 e. The van der Waals surface area contributed by atoms with Crippen LogP contribution in [0, 0.1) is 12.8 Å². The van der Waals surface area contributed by atoms with Crippen molar-refractivity contribution < 1.29 is 13.9 Å². The molecule has 1 aliphatic rings. The zero-order chi connectivity index (χ0) is 16.2. The predicted octanol–water partition coefficient (Wildman–Crippen LogP) is 2.59. The molecule has 3 rings (SSSR count). The molecule has 1 fully saturated rings. The van der Waals surface area contributed by atoms with Crippen LogP contribution in [0.1, 0.15) is 28.3 Å². The molecule has 0 aliphatic carbocycles. The molecule has 0 bridgehead atoms. The average Bonchev–Trinajstić information content (AvgIpc) is 3.20. The van der Waals surface area contributed by atoms with Crippen LogP contribution in [-0.2, 0) is 6.61 Å². The molecule has 2 N–H and O–H groups in total. The van der Waals surface area contributed by atoms with Gasteiger partial charge in [0.25, 0.3) is 5.91 Å². The Morgan fingerprint density at radius 1 is 1.39 bits per heavy atom. The first kappa shape index (κ1) is 15.6. The molecule has 1 aliphatic heterocycles. The quantitative estimate of drug-likeness (QED) is 0.921. The van der Waals surface area contributed by atoms with Gasteiger partial charge >= 0.3 is 0 Å². The molecule has 5 nitrogen and oxygen atoms in total. The van der Waals surface area contributed by atoms with Crippen molar-refractivity contribution >= 4 is 5.91 Å². The van der Waals surface area contributed by atoms with Crippen LogP contribution in [0.4, 0.5) is 0 Å². The fourth-order valence-electron chi connectivity index (χ4n) is 2.81. The summed E-state index contributed by atoms with van der Waals surface area (Å²) in [6.45, 7) is 4.32. The summed E-state index contributed by atoms with van der Waals surface area (Å²) >= 11 is 0. The monoisotopic (exact) mass is 314 g/mol. The van der Waals surface area contributed by atoms with Gasteiger partial charge in [0.1, 0.15) is 18.1 Å². The zero-order valence-electron chi connectivity index (χ0n) is 13.3. The Morgan fingerprint density at radius 2 is 2.17 bits per heavy atom. The summed E-state index contributed by atoms with van der Waals surface area (Å²) in [5.74, 6) is 2.24. The SMILES string of the molecule is Cc1oc(C(=O)N2CC[C@@H](CN)C2)cc1COc1ccccc1. The van der Waals surface area contributed by atoms with Crippen molar-refractivity contribution in [3.8, 4) is 5.75 Å². The first-order valence-corrected chi connectivity index (χ1v) is 7.94. The third-order valence-electron chi connectivity index (χ3n) is 4.28. The lowest BCUT2D eigenvalue weighted by Gasteiger charge is -2.14. The topological polar surface area (TPSA) is 68.7 Å². The number of para-hydroxylation sites is 1. The van der Waals surface area contributed by atoms with Gasteiger partial charge in [-0.15, -0.1) is 0 Å². The normalized spacial score (nSPS) is 17.5. The van der Waals surface area contributed by atoms with Crippen LogP contribution in [0.2, 0.25) is 0 Å². The van der Waals surface area contributed by atoms with Crippen LogP contribution >= 0.6 is 0 Å². The second-order valence-corrected chi connectivity index (χ2v) is 5.94. The van der Waals surface area contributed by atoms with Gasteiger partial charge in [0.15, 0.2) is 5.76 Å². The minimum Gasteiger partial charge on any atom is -0.489 e. The van der Waals surface area contributed by atoms with E-state index in [1.807, 2.05) is 42.2 Å². The molecule has 2 heterocycles. The van der Waals surface area contributed by atoms with Crippen molar-refractivity contribution in [1.29, 1.82) is 0 Å². The van der Waals surface area contributed by atoms with E-state index in [2.05, 4.69) is 0 Å². The highest BCUT2D eigenvalue weighted by molar-refractivity contribution is 5.92. The molecule has 1 atom stereocenters. The number of ether oxygens (including phenoxy) is 1. The van der Waals surface area contributed by atoms with Crippen molar-refractivity contribution in [2.45, 2.75) is 20.0 Å². The van der Waals surface area contributed by atoms with Gasteiger partial charge in [-0.3, -0.25) is 4.79 Å². The number of amides is 1. The molecule has 2 aromatic rings. The molecular formula is C18H22N2O3. The van der Waals surface area contributed by atoms with Crippen LogP contribution in [0.5, 0.6) is 5.75 Å². The second kappa shape index (κ2) is 6.87. The van der Waals surface area contributed by atoms with E-state index in [9.17, 15) is 4.79 Å². The summed E-state index contributed by atoms with van der Waals surface area (Å²) in [6.07, 6.45) is 0.964. The second-order valence-electron chi connectivity index (χ2n) is 5.94. The van der Waals surface area contributed by atoms with Gasteiger partial charge in [0.05, 0.1) is 0 Å². The highest BCUT2D eigenvalue weighted by Crippen LogP contribution is 2.22. The van der Waals surface area contributed by atoms with Gasteiger partial charge in [0.2, 0.25) is 0 Å². The zero-order valence-corrected chi connectivity index (χ0v) is 13.3. The molecule has 1 aromatic carbocycles. The minimum atomic E-state index is -0.0602. The average molecular weight is 314 g/mol. The lowest BCUT2D eigenvalue weighted by molar-refractivity contribution is 0.0754. The smallest absolute Gasteiger partial charge is 0.289 e. The molecule has 1 amide bonds. The van der Waals surface area contributed by atoms with E-state index >= 15 is 0 Å². The predicted molar refractivity (Wildman–Crippen MR) is 87.3 cm³/mol. The van der Waals surface area contributed by atoms with E-state index in [0.29, 0.717) is 31.4 Å². The number of carbonyl (C=O) groups excluding carboxylic acids is 1. The number of hydrogen-bond acceptors (Lipinski definition) is 4. The summed E-state index contributed by atoms with van der Waals surface area (Å²) in [4.78, 5) is 14.3. The van der Waals surface area contributed by atoms with E-state index in [0.717, 1.165) is 30.0 Å². The molecule has 122 valence electrons. The molecule has 23 heavy (non-hydrogen) atoms. The molecule has 0 unspecified atom stereocenters. The first-order valence-electron chi connectivity index (χ1n) is 7.94. The van der Waals surface area contributed by atoms with Gasteiger partial charge in [-0.25, -0.2) is 0 Å². The van der Waals surface area contributed by atoms with Crippen molar-refractivity contribution in [3.05, 3.63) is 53.5 Å². The number of nitrogens with two attached hydrogens (primary N) is 1. The number of benzene rings is 1. The molecular weight excluding hydrogens is 292 g/mol. The Labute approximate surface area is 136 Å². The van der Waals surface area contributed by atoms with E-state index in [1.54, 1.807) is 6.07 Å². The number of hydrogen-bond donors (Lipinski definition) is 1. The largest absolute Gasteiger partial charge is 0.489 e. The van der Waals surface area contributed by atoms with Gasteiger partial charge < -0.3 is 19.8 Å². The number of rotatable bonds is 5. The maximum atomic E-state index is 12.5. The number of nitrogens with zero attached hydrogens (tertiary/aromatic N) is 1. The van der Waals surface area contributed by atoms with Gasteiger partial charge in [-0.05, 0) is 44.0 Å². The summed E-state index contributed by atoms with van der Waals surface area (Å²) < 4.78 is 11.4. The van der Waals surface area contributed by atoms with Crippen LogP contribution < -0.4 is 10.5 Å². The Bertz CT molecular complexity index is 666. The Morgan fingerprint density at radius 3 is 2.87 bits per heavy atom. The van der Waals surface area contributed by atoms with Gasteiger partial charge in [-0.2, -0.15) is 0 Å². The van der Waals surface area contributed by atoms with Crippen molar-refractivity contribution in [2.75, 3.05) is 19.6 Å². The Balaban J connectivity index is 1.65. The van der Waals surface area contributed by atoms with Crippen molar-refractivity contribution in [1.82, 2.24) is 4.90 Å². The van der Waals surface area contributed by atoms with Crippen LogP contribution in [0.3, 0.4) is 0 Å². The summed E-state index contributed by atoms with van der Waals surface area (Å²) in [6, 6.07) is 11.4. The summed E-state index contributed by atoms with van der Waals surface area (Å²) in [5.41, 5.74) is 6.58. The fraction of sp³-hybridized carbons (Fsp3) is 0.389. The standard InChI is InChI=1S/C18H22N2O3/c1-13-15(12-22-16-5-3-2-4-6-16)9-17(23-13)18(21)20-8-7-14(10-19)11-20/h2-6,9,14H,7-8,10-12,19H2,1H3/t14-/m0/s1. The minimum absolute atomic E-state index is 0.0602. The third kappa shape index (κ3) is 3.56. The van der Waals surface area contributed by atoms with Crippen LogP contribution in [0.25, 0.3) is 0 Å². The number of aryl methyl sites for hydroxylation is 1. The molecule has 0 saturated carbocycles. The maximum absolute atomic E-state index is 12.5. The molecule has 5 heteroatoms. The van der Waals surface area contributed by atoms with E-state index in [-0.39, 0.29) is 5.91 Å². The number of likely N-dealkylation sites (tertiary alicyclic amines) is 1. The van der Waals surface area contributed by atoms with Crippen LogP contribution in [-0.4, -0.2) is 30.4 Å². The number of carbonyl (C=O) groups is 1. The van der Waals surface area contributed by atoms with Crippen molar-refractivity contribution in [3.63, 3.8) is 0 Å². The molecule has 0 radical (unpaired) electrons. The fourth-order valence-corrected chi connectivity index (χ4v) is 2.81. The molecule has 1 aromatic heterocycles. The highest BCUT2D eigenvalue weighted by Gasteiger charge is 2.28. The van der Waals surface area contributed by atoms with Crippen molar-refractivity contribution in [2.24, 2.45) is 11.7 Å². The number of furan rings is 1. The Kier molecular flexibility index (Phi) is 4.67. The van der Waals surface area contributed by atoms with E-state index in [1.165, 1.54) is 0 Å². The van der Waals surface area contributed by atoms with Gasteiger partial charge in [0, 0.05) is 18.7 Å². The lowest BCUT2D eigenvalue weighted by atomic mass is 10.1. The lowest BCUT2D eigenvalue weighted by Crippen LogP contribution is -2.29. The molecule has 1 saturated heterocycles. The Hall–Kier alpha value is -2.27. The molecule has 0 spiro atoms. The first-order chi connectivity index (χ1) is 11.2. The summed E-state index contributed by atoms with van der Waals surface area (Å²) in [7, 11) is 0. The van der Waals surface area contributed by atoms with E-state index < -0.39 is 0 Å². The highest BCUT2D eigenvalue weighted by atomic mass is 16.5. The summed E-state index contributed by atoms with van der Waals surface area (Å²) in [5, 5.41) is 0.